The number of thiophene rings is 1. The van der Waals surface area contributed by atoms with E-state index < -0.39 is 18.4 Å². The molecule has 0 amide bonds. The van der Waals surface area contributed by atoms with E-state index in [0.717, 1.165) is 4.88 Å². The van der Waals surface area contributed by atoms with E-state index in [0.29, 0.717) is 0 Å². The zero-order valence-electron chi connectivity index (χ0n) is 8.29. The number of allylic oxidation sites excluding steroid dienone is 2. The monoisotopic (exact) mass is 238 g/mol. The maximum Gasteiger partial charge on any atom is 0.332 e. The highest BCUT2D eigenvalue weighted by Gasteiger charge is 2.10. The van der Waals surface area contributed by atoms with Crippen molar-refractivity contribution in [1.82, 2.24) is 0 Å². The summed E-state index contributed by atoms with van der Waals surface area (Å²) in [6.07, 6.45) is 4.09. The van der Waals surface area contributed by atoms with Crippen LogP contribution in [0.15, 0.2) is 35.2 Å². The summed E-state index contributed by atoms with van der Waals surface area (Å²) in [5.41, 5.74) is -0.139. The molecule has 0 aliphatic heterocycles. The lowest BCUT2D eigenvalue weighted by atomic mass is 10.2. The number of carboxylic acids is 2. The lowest BCUT2D eigenvalue weighted by Crippen LogP contribution is -2.06. The minimum atomic E-state index is -1.21. The zero-order valence-corrected chi connectivity index (χ0v) is 9.11. The van der Waals surface area contributed by atoms with Gasteiger partial charge in [-0.3, -0.25) is 4.79 Å². The summed E-state index contributed by atoms with van der Waals surface area (Å²) in [6.45, 7) is 0. The van der Waals surface area contributed by atoms with E-state index in [4.69, 9.17) is 10.2 Å². The minimum absolute atomic E-state index is 0.139. The number of hydrogen-bond donors (Lipinski definition) is 2. The van der Waals surface area contributed by atoms with Crippen LogP contribution >= 0.6 is 11.3 Å². The lowest BCUT2D eigenvalue weighted by Gasteiger charge is -1.95. The van der Waals surface area contributed by atoms with Crippen molar-refractivity contribution in [3.63, 3.8) is 0 Å². The lowest BCUT2D eigenvalue weighted by molar-refractivity contribution is -0.139. The second kappa shape index (κ2) is 5.87. The van der Waals surface area contributed by atoms with E-state index in [9.17, 15) is 9.59 Å². The average Bonchev–Trinajstić information content (AvgIpc) is 2.68. The molecule has 1 aromatic rings. The summed E-state index contributed by atoms with van der Waals surface area (Å²) in [4.78, 5) is 22.0. The van der Waals surface area contributed by atoms with Gasteiger partial charge in [-0.15, -0.1) is 11.3 Å². The van der Waals surface area contributed by atoms with Crippen LogP contribution in [0.25, 0.3) is 6.08 Å². The molecule has 1 rings (SSSR count). The topological polar surface area (TPSA) is 74.6 Å². The Labute approximate surface area is 96.2 Å². The number of rotatable bonds is 5. The normalized spacial score (nSPS) is 11.9. The predicted molar refractivity (Wildman–Crippen MR) is 61.3 cm³/mol. The number of carbonyl (C=O) groups is 2. The molecule has 0 unspecified atom stereocenters. The Kier molecular flexibility index (Phi) is 4.47. The van der Waals surface area contributed by atoms with Gasteiger partial charge < -0.3 is 10.2 Å². The van der Waals surface area contributed by atoms with E-state index in [2.05, 4.69) is 0 Å². The molecule has 0 bridgehead atoms. The summed E-state index contributed by atoms with van der Waals surface area (Å²) in [6, 6.07) is 3.76. The Hall–Kier alpha value is -1.88. The van der Waals surface area contributed by atoms with Crippen LogP contribution in [0.2, 0.25) is 0 Å². The first-order valence-electron chi connectivity index (χ1n) is 4.45. The van der Waals surface area contributed by atoms with Gasteiger partial charge in [-0.1, -0.05) is 18.2 Å². The molecule has 0 saturated carbocycles. The van der Waals surface area contributed by atoms with Gasteiger partial charge in [-0.25, -0.2) is 4.79 Å². The molecule has 0 aromatic carbocycles. The van der Waals surface area contributed by atoms with Gasteiger partial charge in [0.15, 0.2) is 0 Å². The second-order valence-electron chi connectivity index (χ2n) is 2.94. The number of hydrogen-bond acceptors (Lipinski definition) is 3. The smallest absolute Gasteiger partial charge is 0.332 e. The molecule has 0 saturated heterocycles. The first-order chi connectivity index (χ1) is 7.59. The molecule has 2 N–H and O–H groups in total. The average molecular weight is 238 g/mol. The summed E-state index contributed by atoms with van der Waals surface area (Å²) in [5.74, 6) is -2.36. The van der Waals surface area contributed by atoms with Crippen LogP contribution in [0.5, 0.6) is 0 Å². The summed E-state index contributed by atoms with van der Waals surface area (Å²) < 4.78 is 0. The van der Waals surface area contributed by atoms with E-state index in [-0.39, 0.29) is 5.57 Å². The zero-order chi connectivity index (χ0) is 12.0. The Balaban J connectivity index is 2.71. The van der Waals surface area contributed by atoms with Gasteiger partial charge in [0.2, 0.25) is 0 Å². The Morgan fingerprint density at radius 1 is 1.38 bits per heavy atom. The van der Waals surface area contributed by atoms with Crippen molar-refractivity contribution in [2.45, 2.75) is 6.42 Å². The summed E-state index contributed by atoms with van der Waals surface area (Å²) >= 11 is 1.52. The maximum atomic E-state index is 10.7. The van der Waals surface area contributed by atoms with E-state index >= 15 is 0 Å². The van der Waals surface area contributed by atoms with Gasteiger partial charge in [0.05, 0.1) is 6.42 Å². The van der Waals surface area contributed by atoms with Gasteiger partial charge in [-0.05, 0) is 17.5 Å². The predicted octanol–water partition coefficient (Wildman–Crippen LogP) is 2.25. The molecule has 16 heavy (non-hydrogen) atoms. The van der Waals surface area contributed by atoms with Crippen LogP contribution in [0.4, 0.5) is 0 Å². The third-order valence-electron chi connectivity index (χ3n) is 1.72. The molecule has 5 heteroatoms. The van der Waals surface area contributed by atoms with Crippen LogP contribution in [0, 0.1) is 0 Å². The molecular weight excluding hydrogens is 228 g/mol. The highest BCUT2D eigenvalue weighted by molar-refractivity contribution is 7.10. The summed E-state index contributed by atoms with van der Waals surface area (Å²) in [7, 11) is 0. The van der Waals surface area contributed by atoms with Crippen LogP contribution < -0.4 is 0 Å². The van der Waals surface area contributed by atoms with Crippen molar-refractivity contribution in [1.29, 1.82) is 0 Å². The highest BCUT2D eigenvalue weighted by Crippen LogP contribution is 2.11. The van der Waals surface area contributed by atoms with Crippen molar-refractivity contribution in [2.24, 2.45) is 0 Å². The van der Waals surface area contributed by atoms with Crippen molar-refractivity contribution in [2.75, 3.05) is 0 Å². The molecule has 0 aliphatic rings. The quantitative estimate of drug-likeness (QED) is 0.609. The Morgan fingerprint density at radius 3 is 2.62 bits per heavy atom. The fourth-order valence-corrected chi connectivity index (χ4v) is 1.64. The molecule has 84 valence electrons. The summed E-state index contributed by atoms with van der Waals surface area (Å²) in [5, 5.41) is 19.1. The van der Waals surface area contributed by atoms with Crippen molar-refractivity contribution >= 4 is 29.4 Å². The number of carboxylic acid groups (broad SMARTS) is 2. The van der Waals surface area contributed by atoms with E-state index in [1.807, 2.05) is 17.5 Å². The van der Waals surface area contributed by atoms with Gasteiger partial charge in [0.1, 0.15) is 0 Å². The largest absolute Gasteiger partial charge is 0.481 e. The molecule has 1 aromatic heterocycles. The fraction of sp³-hybridized carbons (Fsp3) is 0.0909. The second-order valence-corrected chi connectivity index (χ2v) is 3.92. The highest BCUT2D eigenvalue weighted by atomic mass is 32.1. The van der Waals surface area contributed by atoms with Gasteiger partial charge in [0, 0.05) is 10.5 Å². The molecular formula is C11H10O4S. The first-order valence-corrected chi connectivity index (χ1v) is 5.33. The molecule has 4 nitrogen and oxygen atoms in total. The number of aliphatic carboxylic acids is 2. The third-order valence-corrected chi connectivity index (χ3v) is 2.56. The first kappa shape index (κ1) is 12.2. The van der Waals surface area contributed by atoms with Crippen molar-refractivity contribution < 1.29 is 19.8 Å². The Bertz CT molecular complexity index is 429. The van der Waals surface area contributed by atoms with Gasteiger partial charge >= 0.3 is 11.9 Å². The molecule has 1 heterocycles. The van der Waals surface area contributed by atoms with Crippen LogP contribution in [0.3, 0.4) is 0 Å². The van der Waals surface area contributed by atoms with E-state index in [1.54, 1.807) is 6.08 Å². The Morgan fingerprint density at radius 2 is 2.12 bits per heavy atom. The van der Waals surface area contributed by atoms with Gasteiger partial charge in [-0.2, -0.15) is 0 Å². The van der Waals surface area contributed by atoms with Crippen molar-refractivity contribution in [3.05, 3.63) is 40.1 Å². The van der Waals surface area contributed by atoms with Crippen molar-refractivity contribution in [3.8, 4) is 0 Å². The fourth-order valence-electron chi connectivity index (χ4n) is 1.01. The van der Waals surface area contributed by atoms with Crippen LogP contribution in [-0.2, 0) is 9.59 Å². The molecule has 0 aliphatic carbocycles. The molecule has 0 radical (unpaired) electrons. The molecule has 0 fully saturated rings. The molecule has 0 atom stereocenters. The van der Waals surface area contributed by atoms with Crippen LogP contribution in [-0.4, -0.2) is 22.2 Å². The minimum Gasteiger partial charge on any atom is -0.481 e. The standard InChI is InChI=1S/C11H10O4S/c12-10(13)7-8(11(14)15)3-1-4-9-5-2-6-16-9/h1-6H,7H2,(H,12,13)(H,14,15)/b4-1+,8-3+. The van der Waals surface area contributed by atoms with E-state index in [1.165, 1.54) is 23.5 Å². The van der Waals surface area contributed by atoms with Crippen LogP contribution in [0.1, 0.15) is 11.3 Å². The third kappa shape index (κ3) is 4.10. The SMILES string of the molecule is O=C(O)C/C(=C\C=C\c1cccs1)C(=O)O. The molecule has 0 spiro atoms. The maximum absolute atomic E-state index is 10.7. The van der Waals surface area contributed by atoms with Gasteiger partial charge in [0.25, 0.3) is 0 Å².